The lowest BCUT2D eigenvalue weighted by molar-refractivity contribution is 0.454. The molecule has 1 fully saturated rings. The van der Waals surface area contributed by atoms with Crippen LogP contribution in [0, 0.1) is 0 Å². The van der Waals surface area contributed by atoms with Gasteiger partial charge in [0.2, 0.25) is 0 Å². The van der Waals surface area contributed by atoms with Gasteiger partial charge < -0.3 is 5.32 Å². The number of pyridine rings is 1. The molecule has 0 radical (unpaired) electrons. The molecule has 70 valence electrons. The van der Waals surface area contributed by atoms with Gasteiger partial charge >= 0.3 is 0 Å². The first-order valence-electron chi connectivity index (χ1n) is 4.68. The van der Waals surface area contributed by atoms with E-state index in [0.29, 0.717) is 5.92 Å². The van der Waals surface area contributed by atoms with Crippen molar-refractivity contribution in [2.45, 2.75) is 18.8 Å². The second kappa shape index (κ2) is 4.20. The van der Waals surface area contributed by atoms with Crippen LogP contribution in [0.2, 0.25) is 0 Å². The number of piperidine rings is 1. The molecule has 1 atom stereocenters. The summed E-state index contributed by atoms with van der Waals surface area (Å²) >= 11 is 3.39. The Morgan fingerprint density at radius 2 is 2.38 bits per heavy atom. The van der Waals surface area contributed by atoms with E-state index in [4.69, 9.17) is 0 Å². The molecule has 1 aliphatic heterocycles. The molecule has 1 aromatic heterocycles. The average Bonchev–Trinajstić information content (AvgIpc) is 2.20. The summed E-state index contributed by atoms with van der Waals surface area (Å²) in [4.78, 5) is 4.42. The lowest BCUT2D eigenvalue weighted by atomic mass is 9.96. The van der Waals surface area contributed by atoms with Gasteiger partial charge in [0.05, 0.1) is 0 Å². The van der Waals surface area contributed by atoms with Gasteiger partial charge in [0.25, 0.3) is 0 Å². The fraction of sp³-hybridized carbons (Fsp3) is 0.500. The number of rotatable bonds is 1. The quantitative estimate of drug-likeness (QED) is 0.816. The van der Waals surface area contributed by atoms with E-state index in [1.807, 2.05) is 6.20 Å². The van der Waals surface area contributed by atoms with Crippen molar-refractivity contribution in [3.63, 3.8) is 0 Å². The Balaban J connectivity index is 2.10. The smallest absolute Gasteiger partial charge is 0.0448 e. The molecule has 2 heterocycles. The molecule has 1 N–H and O–H groups in total. The van der Waals surface area contributed by atoms with Crippen LogP contribution in [0.4, 0.5) is 0 Å². The molecule has 0 aromatic carbocycles. The Morgan fingerprint density at radius 1 is 1.46 bits per heavy atom. The van der Waals surface area contributed by atoms with Gasteiger partial charge in [-0.25, -0.2) is 0 Å². The van der Waals surface area contributed by atoms with Gasteiger partial charge in [-0.3, -0.25) is 4.98 Å². The summed E-state index contributed by atoms with van der Waals surface area (Å²) in [5.41, 5.74) is 1.22. The van der Waals surface area contributed by atoms with E-state index in [-0.39, 0.29) is 0 Å². The minimum absolute atomic E-state index is 0.613. The molecule has 2 rings (SSSR count). The molecule has 0 amide bonds. The van der Waals surface area contributed by atoms with Gasteiger partial charge in [-0.1, -0.05) is 0 Å². The highest BCUT2D eigenvalue weighted by molar-refractivity contribution is 9.10. The minimum Gasteiger partial charge on any atom is -0.316 e. The van der Waals surface area contributed by atoms with Gasteiger partial charge in [-0.15, -0.1) is 0 Å². The maximum absolute atomic E-state index is 4.42. The Bertz CT molecular complexity index is 265. The summed E-state index contributed by atoms with van der Waals surface area (Å²) in [6, 6.07) is 4.18. The van der Waals surface area contributed by atoms with Crippen LogP contribution in [0.15, 0.2) is 22.8 Å². The van der Waals surface area contributed by atoms with Crippen molar-refractivity contribution in [2.24, 2.45) is 0 Å². The lowest BCUT2D eigenvalue weighted by Gasteiger charge is -2.21. The molecule has 1 saturated heterocycles. The zero-order valence-corrected chi connectivity index (χ0v) is 9.05. The number of halogens is 1. The second-order valence-corrected chi connectivity index (χ2v) is 4.36. The van der Waals surface area contributed by atoms with Gasteiger partial charge in [-0.2, -0.15) is 0 Å². The third-order valence-corrected chi connectivity index (χ3v) is 2.93. The zero-order valence-electron chi connectivity index (χ0n) is 7.46. The van der Waals surface area contributed by atoms with E-state index in [9.17, 15) is 0 Å². The van der Waals surface area contributed by atoms with Crippen LogP contribution in [0.25, 0.3) is 0 Å². The molecule has 0 unspecified atom stereocenters. The topological polar surface area (TPSA) is 24.9 Å². The Hall–Kier alpha value is -0.410. The largest absolute Gasteiger partial charge is 0.316 e. The lowest BCUT2D eigenvalue weighted by Crippen LogP contribution is -2.28. The van der Waals surface area contributed by atoms with Gasteiger partial charge in [0, 0.05) is 28.8 Å². The number of aromatic nitrogens is 1. The van der Waals surface area contributed by atoms with Crippen molar-refractivity contribution in [2.75, 3.05) is 13.1 Å². The first-order valence-corrected chi connectivity index (χ1v) is 5.48. The average molecular weight is 241 g/mol. The van der Waals surface area contributed by atoms with E-state index in [2.05, 4.69) is 38.4 Å². The van der Waals surface area contributed by atoms with Gasteiger partial charge in [0.15, 0.2) is 0 Å². The van der Waals surface area contributed by atoms with Crippen molar-refractivity contribution in [3.05, 3.63) is 28.5 Å². The SMILES string of the molecule is Brc1ccc([C@@H]2CCCNC2)nc1. The molecule has 0 bridgehead atoms. The summed E-state index contributed by atoms with van der Waals surface area (Å²) in [5, 5.41) is 3.40. The van der Waals surface area contributed by atoms with Crippen molar-refractivity contribution < 1.29 is 0 Å². The maximum atomic E-state index is 4.42. The highest BCUT2D eigenvalue weighted by atomic mass is 79.9. The summed E-state index contributed by atoms with van der Waals surface area (Å²) in [5.74, 6) is 0.613. The van der Waals surface area contributed by atoms with E-state index >= 15 is 0 Å². The summed E-state index contributed by atoms with van der Waals surface area (Å²) in [6.45, 7) is 2.24. The van der Waals surface area contributed by atoms with Crippen molar-refractivity contribution in [3.8, 4) is 0 Å². The first kappa shape index (κ1) is 9.16. The predicted molar refractivity (Wildman–Crippen MR) is 56.8 cm³/mol. The van der Waals surface area contributed by atoms with E-state index in [1.54, 1.807) is 0 Å². The number of nitrogens with one attached hydrogen (secondary N) is 1. The number of hydrogen-bond donors (Lipinski definition) is 1. The van der Waals surface area contributed by atoms with Crippen LogP contribution in [-0.2, 0) is 0 Å². The Labute approximate surface area is 86.9 Å². The normalized spacial score (nSPS) is 23.0. The predicted octanol–water partition coefficient (Wildman–Crippen LogP) is 2.31. The van der Waals surface area contributed by atoms with E-state index in [0.717, 1.165) is 17.6 Å². The van der Waals surface area contributed by atoms with Crippen LogP contribution in [0.5, 0.6) is 0 Å². The molecule has 13 heavy (non-hydrogen) atoms. The van der Waals surface area contributed by atoms with Crippen molar-refractivity contribution >= 4 is 15.9 Å². The third kappa shape index (κ3) is 2.29. The zero-order chi connectivity index (χ0) is 9.10. The van der Waals surface area contributed by atoms with Crippen LogP contribution >= 0.6 is 15.9 Å². The molecular weight excluding hydrogens is 228 g/mol. The van der Waals surface area contributed by atoms with Crippen molar-refractivity contribution in [1.82, 2.24) is 10.3 Å². The Kier molecular flexibility index (Phi) is 2.96. The van der Waals surface area contributed by atoms with E-state index in [1.165, 1.54) is 18.5 Å². The molecule has 0 aliphatic carbocycles. The number of hydrogen-bond acceptors (Lipinski definition) is 2. The molecule has 0 saturated carbocycles. The third-order valence-electron chi connectivity index (χ3n) is 2.47. The van der Waals surface area contributed by atoms with Crippen LogP contribution in [0.3, 0.4) is 0 Å². The van der Waals surface area contributed by atoms with E-state index < -0.39 is 0 Å². The standard InChI is InChI=1S/C10H13BrN2/c11-9-3-4-10(13-7-9)8-2-1-5-12-6-8/h3-4,7-8,12H,1-2,5-6H2/t8-/m1/s1. The molecular formula is C10H13BrN2. The minimum atomic E-state index is 0.613. The highest BCUT2D eigenvalue weighted by Crippen LogP contribution is 2.22. The fourth-order valence-electron chi connectivity index (χ4n) is 1.73. The van der Waals surface area contributed by atoms with Crippen LogP contribution < -0.4 is 5.32 Å². The van der Waals surface area contributed by atoms with Crippen LogP contribution in [0.1, 0.15) is 24.5 Å². The molecule has 0 spiro atoms. The monoisotopic (exact) mass is 240 g/mol. The van der Waals surface area contributed by atoms with Crippen LogP contribution in [-0.4, -0.2) is 18.1 Å². The molecule has 2 nitrogen and oxygen atoms in total. The second-order valence-electron chi connectivity index (χ2n) is 3.44. The van der Waals surface area contributed by atoms with Gasteiger partial charge in [0.1, 0.15) is 0 Å². The molecule has 1 aliphatic rings. The maximum Gasteiger partial charge on any atom is 0.0448 e. The summed E-state index contributed by atoms with van der Waals surface area (Å²) in [7, 11) is 0. The van der Waals surface area contributed by atoms with Crippen molar-refractivity contribution in [1.29, 1.82) is 0 Å². The highest BCUT2D eigenvalue weighted by Gasteiger charge is 2.15. The summed E-state index contributed by atoms with van der Waals surface area (Å²) in [6.07, 6.45) is 4.41. The van der Waals surface area contributed by atoms with Gasteiger partial charge in [-0.05, 0) is 47.4 Å². The molecule has 3 heteroatoms. The first-order chi connectivity index (χ1) is 6.36. The fourth-order valence-corrected chi connectivity index (χ4v) is 1.97. The Morgan fingerprint density at radius 3 is 3.00 bits per heavy atom. The molecule has 1 aromatic rings. The number of nitrogens with zero attached hydrogens (tertiary/aromatic N) is 1. The summed E-state index contributed by atoms with van der Waals surface area (Å²) < 4.78 is 1.06.